The van der Waals surface area contributed by atoms with E-state index in [2.05, 4.69) is 17.6 Å². The molecule has 2 N–H and O–H groups in total. The van der Waals surface area contributed by atoms with Gasteiger partial charge in [-0.15, -0.1) is 11.8 Å². The SMILES string of the molecule is COCCNC(=O)CSc1ccccc1C(=O)OC(C)C(=O)NC1CCCCC1C. The zero-order valence-corrected chi connectivity index (χ0v) is 18.8. The normalized spacial score (nSPS) is 19.6. The molecule has 0 aromatic heterocycles. The van der Waals surface area contributed by atoms with Gasteiger partial charge in [-0.2, -0.15) is 0 Å². The number of rotatable bonds is 10. The Labute approximate surface area is 182 Å². The molecule has 1 fully saturated rings. The molecule has 1 aliphatic carbocycles. The van der Waals surface area contributed by atoms with Crippen LogP contribution < -0.4 is 10.6 Å². The third-order valence-corrected chi connectivity index (χ3v) is 6.26. The van der Waals surface area contributed by atoms with Gasteiger partial charge in [0.15, 0.2) is 6.10 Å². The van der Waals surface area contributed by atoms with Crippen molar-refractivity contribution in [2.24, 2.45) is 5.92 Å². The van der Waals surface area contributed by atoms with Gasteiger partial charge in [0.2, 0.25) is 5.91 Å². The third-order valence-electron chi connectivity index (χ3n) is 5.19. The highest BCUT2D eigenvalue weighted by molar-refractivity contribution is 8.00. The van der Waals surface area contributed by atoms with Gasteiger partial charge in [-0.05, 0) is 37.8 Å². The van der Waals surface area contributed by atoms with Crippen molar-refractivity contribution in [1.29, 1.82) is 0 Å². The summed E-state index contributed by atoms with van der Waals surface area (Å²) in [6.07, 6.45) is 3.47. The van der Waals surface area contributed by atoms with Crippen LogP contribution in [0.25, 0.3) is 0 Å². The fourth-order valence-electron chi connectivity index (χ4n) is 3.36. The Morgan fingerprint density at radius 2 is 1.93 bits per heavy atom. The first-order valence-corrected chi connectivity index (χ1v) is 11.4. The summed E-state index contributed by atoms with van der Waals surface area (Å²) in [6, 6.07) is 7.06. The molecule has 0 saturated heterocycles. The van der Waals surface area contributed by atoms with Crippen molar-refractivity contribution < 1.29 is 23.9 Å². The summed E-state index contributed by atoms with van der Waals surface area (Å²) in [7, 11) is 1.57. The summed E-state index contributed by atoms with van der Waals surface area (Å²) in [4.78, 5) is 37.7. The molecule has 0 heterocycles. The lowest BCUT2D eigenvalue weighted by Crippen LogP contribution is -2.46. The van der Waals surface area contributed by atoms with Crippen molar-refractivity contribution >= 4 is 29.5 Å². The maximum Gasteiger partial charge on any atom is 0.340 e. The van der Waals surface area contributed by atoms with Crippen LogP contribution in [0, 0.1) is 5.92 Å². The molecule has 8 heteroatoms. The molecular formula is C22H32N2O5S. The van der Waals surface area contributed by atoms with Gasteiger partial charge in [-0.1, -0.05) is 31.9 Å². The molecule has 0 aliphatic heterocycles. The number of hydrogen-bond donors (Lipinski definition) is 2. The minimum Gasteiger partial charge on any atom is -0.449 e. The molecule has 0 spiro atoms. The van der Waals surface area contributed by atoms with Crippen LogP contribution in [0.1, 0.15) is 49.9 Å². The molecule has 2 rings (SSSR count). The van der Waals surface area contributed by atoms with Crippen LogP contribution in [-0.4, -0.2) is 55.9 Å². The van der Waals surface area contributed by atoms with E-state index in [1.165, 1.54) is 18.2 Å². The largest absolute Gasteiger partial charge is 0.449 e. The Hall–Kier alpha value is -2.06. The van der Waals surface area contributed by atoms with E-state index >= 15 is 0 Å². The second-order valence-electron chi connectivity index (χ2n) is 7.55. The van der Waals surface area contributed by atoms with E-state index in [1.807, 2.05) is 0 Å². The fraction of sp³-hybridized carbons (Fsp3) is 0.591. The molecule has 3 unspecified atom stereocenters. The van der Waals surface area contributed by atoms with E-state index in [0.717, 1.165) is 19.3 Å². The van der Waals surface area contributed by atoms with Gasteiger partial charge in [0.1, 0.15) is 0 Å². The lowest BCUT2D eigenvalue weighted by atomic mass is 9.86. The average molecular weight is 437 g/mol. The Bertz CT molecular complexity index is 727. The first kappa shape index (κ1) is 24.2. The fourth-order valence-corrected chi connectivity index (χ4v) is 4.23. The molecule has 7 nitrogen and oxygen atoms in total. The Morgan fingerprint density at radius 1 is 1.20 bits per heavy atom. The lowest BCUT2D eigenvalue weighted by Gasteiger charge is -2.30. The second kappa shape index (κ2) is 12.6. The molecule has 0 radical (unpaired) electrons. The van der Waals surface area contributed by atoms with Crippen LogP contribution in [0.4, 0.5) is 0 Å². The van der Waals surface area contributed by atoms with E-state index in [-0.39, 0.29) is 23.6 Å². The van der Waals surface area contributed by atoms with Crippen LogP contribution in [0.15, 0.2) is 29.2 Å². The van der Waals surface area contributed by atoms with E-state index in [1.54, 1.807) is 38.3 Å². The minimum atomic E-state index is -0.887. The van der Waals surface area contributed by atoms with Gasteiger partial charge >= 0.3 is 5.97 Å². The van der Waals surface area contributed by atoms with Gasteiger partial charge < -0.3 is 20.1 Å². The van der Waals surface area contributed by atoms with Gasteiger partial charge in [0.05, 0.1) is 17.9 Å². The number of nitrogens with one attached hydrogen (secondary N) is 2. The highest BCUT2D eigenvalue weighted by Gasteiger charge is 2.27. The van der Waals surface area contributed by atoms with Crippen molar-refractivity contribution in [3.8, 4) is 0 Å². The smallest absolute Gasteiger partial charge is 0.340 e. The average Bonchev–Trinajstić information content (AvgIpc) is 2.74. The molecule has 1 saturated carbocycles. The van der Waals surface area contributed by atoms with Crippen molar-refractivity contribution in [2.75, 3.05) is 26.0 Å². The highest BCUT2D eigenvalue weighted by atomic mass is 32.2. The quantitative estimate of drug-likeness (QED) is 0.333. The zero-order valence-electron chi connectivity index (χ0n) is 17.9. The Balaban J connectivity index is 1.89. The number of benzene rings is 1. The number of carbonyl (C=O) groups is 3. The number of thioether (sulfide) groups is 1. The molecule has 1 aliphatic rings. The Kier molecular flexibility index (Phi) is 10.2. The second-order valence-corrected chi connectivity index (χ2v) is 8.57. The Morgan fingerprint density at radius 3 is 2.67 bits per heavy atom. The van der Waals surface area contributed by atoms with Crippen molar-refractivity contribution in [3.05, 3.63) is 29.8 Å². The summed E-state index contributed by atoms with van der Waals surface area (Å²) in [5.74, 6) is -0.391. The molecule has 3 atom stereocenters. The van der Waals surface area contributed by atoms with Crippen molar-refractivity contribution in [1.82, 2.24) is 10.6 Å². The first-order valence-electron chi connectivity index (χ1n) is 10.4. The summed E-state index contributed by atoms with van der Waals surface area (Å²) in [5, 5.41) is 5.76. The summed E-state index contributed by atoms with van der Waals surface area (Å²) >= 11 is 1.25. The highest BCUT2D eigenvalue weighted by Crippen LogP contribution is 2.25. The molecule has 2 amide bonds. The number of hydrogen-bond acceptors (Lipinski definition) is 6. The predicted octanol–water partition coefficient (Wildman–Crippen LogP) is 2.78. The zero-order chi connectivity index (χ0) is 21.9. The maximum absolute atomic E-state index is 12.7. The van der Waals surface area contributed by atoms with Gasteiger partial charge in [-0.3, -0.25) is 9.59 Å². The maximum atomic E-state index is 12.7. The van der Waals surface area contributed by atoms with E-state index < -0.39 is 12.1 Å². The van der Waals surface area contributed by atoms with Crippen LogP contribution in [0.2, 0.25) is 0 Å². The van der Waals surface area contributed by atoms with Crippen LogP contribution >= 0.6 is 11.8 Å². The molecule has 30 heavy (non-hydrogen) atoms. The number of ether oxygens (including phenoxy) is 2. The van der Waals surface area contributed by atoms with Crippen molar-refractivity contribution in [2.45, 2.75) is 56.6 Å². The minimum absolute atomic E-state index is 0.131. The lowest BCUT2D eigenvalue weighted by molar-refractivity contribution is -0.130. The van der Waals surface area contributed by atoms with Gasteiger partial charge in [-0.25, -0.2) is 4.79 Å². The molecule has 1 aromatic carbocycles. The number of methoxy groups -OCH3 is 1. The summed E-state index contributed by atoms with van der Waals surface area (Å²) in [5.41, 5.74) is 0.345. The van der Waals surface area contributed by atoms with Crippen molar-refractivity contribution in [3.63, 3.8) is 0 Å². The molecule has 0 bridgehead atoms. The van der Waals surface area contributed by atoms with Gasteiger partial charge in [0, 0.05) is 24.6 Å². The topological polar surface area (TPSA) is 93.7 Å². The summed E-state index contributed by atoms with van der Waals surface area (Å²) < 4.78 is 10.3. The van der Waals surface area contributed by atoms with E-state index in [0.29, 0.717) is 29.5 Å². The third kappa shape index (κ3) is 7.65. The van der Waals surface area contributed by atoms with Gasteiger partial charge in [0.25, 0.3) is 5.91 Å². The molecule has 166 valence electrons. The van der Waals surface area contributed by atoms with Crippen LogP contribution in [0.5, 0.6) is 0 Å². The molecular weight excluding hydrogens is 404 g/mol. The predicted molar refractivity (Wildman–Crippen MR) is 116 cm³/mol. The van der Waals surface area contributed by atoms with E-state index in [9.17, 15) is 14.4 Å². The number of amides is 2. The standard InChI is InChI=1S/C22H32N2O5S/c1-15-8-4-6-10-18(15)24-21(26)16(2)29-22(27)17-9-5-7-11-19(17)30-14-20(25)23-12-13-28-3/h5,7,9,11,15-16,18H,4,6,8,10,12-14H2,1-3H3,(H,23,25)(H,24,26). The monoisotopic (exact) mass is 436 g/mol. The summed E-state index contributed by atoms with van der Waals surface area (Å²) in [6.45, 7) is 4.60. The van der Waals surface area contributed by atoms with Crippen LogP contribution in [-0.2, 0) is 19.1 Å². The number of carbonyl (C=O) groups excluding carboxylic acids is 3. The van der Waals surface area contributed by atoms with Crippen LogP contribution in [0.3, 0.4) is 0 Å². The number of esters is 1. The van der Waals surface area contributed by atoms with E-state index in [4.69, 9.17) is 9.47 Å². The molecule has 1 aromatic rings. The first-order chi connectivity index (χ1) is 14.4.